The highest BCUT2D eigenvalue weighted by Gasteiger charge is 2.18. The Morgan fingerprint density at radius 1 is 1.33 bits per heavy atom. The summed E-state index contributed by atoms with van der Waals surface area (Å²) in [6, 6.07) is 0.0140. The first-order chi connectivity index (χ1) is 8.42. The van der Waals surface area contributed by atoms with Crippen LogP contribution in [0.4, 0.5) is 0 Å². The van der Waals surface area contributed by atoms with Crippen LogP contribution >= 0.6 is 0 Å². The number of nitrogens with one attached hydrogen (secondary N) is 1. The van der Waals surface area contributed by atoms with E-state index in [4.69, 9.17) is 0 Å². The van der Waals surface area contributed by atoms with Crippen LogP contribution in [0.2, 0.25) is 0 Å². The second-order valence-corrected chi connectivity index (χ2v) is 4.65. The summed E-state index contributed by atoms with van der Waals surface area (Å²) in [6.07, 6.45) is 2.01. The van der Waals surface area contributed by atoms with Crippen molar-refractivity contribution in [2.45, 2.75) is 52.1 Å². The van der Waals surface area contributed by atoms with Gasteiger partial charge in [0.15, 0.2) is 0 Å². The van der Waals surface area contributed by atoms with E-state index in [1.165, 1.54) is 7.11 Å². The molecule has 0 aliphatic heterocycles. The molecule has 5 nitrogen and oxygen atoms in total. The summed E-state index contributed by atoms with van der Waals surface area (Å²) in [5.41, 5.74) is 0. The van der Waals surface area contributed by atoms with Crippen molar-refractivity contribution in [3.8, 4) is 0 Å². The lowest BCUT2D eigenvalue weighted by Crippen LogP contribution is -2.46. The first-order valence-electron chi connectivity index (χ1n) is 6.49. The van der Waals surface area contributed by atoms with Crippen molar-refractivity contribution < 1.29 is 14.3 Å². The van der Waals surface area contributed by atoms with E-state index in [0.29, 0.717) is 19.4 Å². The van der Waals surface area contributed by atoms with Gasteiger partial charge in [-0.1, -0.05) is 6.92 Å². The summed E-state index contributed by atoms with van der Waals surface area (Å²) in [6.45, 7) is 6.59. The quantitative estimate of drug-likeness (QED) is 0.664. The average molecular weight is 258 g/mol. The van der Waals surface area contributed by atoms with Crippen molar-refractivity contribution >= 4 is 11.9 Å². The second kappa shape index (κ2) is 8.91. The summed E-state index contributed by atoms with van der Waals surface area (Å²) >= 11 is 0. The summed E-state index contributed by atoms with van der Waals surface area (Å²) in [5.74, 6) is -0.176. The van der Waals surface area contributed by atoms with Crippen LogP contribution in [0.25, 0.3) is 0 Å². The minimum absolute atomic E-state index is 0.0323. The molecule has 0 aliphatic rings. The molecule has 5 heteroatoms. The molecule has 1 amide bonds. The zero-order chi connectivity index (χ0) is 14.1. The SMILES string of the molecule is CCC(C)NC(=O)C(C)N(C)CCCC(=O)OC. The molecule has 0 aromatic rings. The number of amides is 1. The minimum atomic E-state index is -0.208. The molecule has 2 atom stereocenters. The summed E-state index contributed by atoms with van der Waals surface area (Å²) < 4.78 is 4.57. The predicted octanol–water partition coefficient (Wildman–Crippen LogP) is 1.17. The largest absolute Gasteiger partial charge is 0.469 e. The third kappa shape index (κ3) is 6.59. The lowest BCUT2D eigenvalue weighted by atomic mass is 10.2. The molecule has 0 aromatic heterocycles. The molecule has 0 heterocycles. The average Bonchev–Trinajstić information content (AvgIpc) is 2.36. The number of carbonyl (C=O) groups excluding carboxylic acids is 2. The highest BCUT2D eigenvalue weighted by atomic mass is 16.5. The highest BCUT2D eigenvalue weighted by Crippen LogP contribution is 2.01. The molecule has 0 bridgehead atoms. The summed E-state index contributed by atoms with van der Waals surface area (Å²) in [4.78, 5) is 24.8. The van der Waals surface area contributed by atoms with Gasteiger partial charge >= 0.3 is 5.97 Å². The van der Waals surface area contributed by atoms with Crippen molar-refractivity contribution in [1.82, 2.24) is 10.2 Å². The molecule has 1 N–H and O–H groups in total. The number of methoxy groups -OCH3 is 1. The second-order valence-electron chi connectivity index (χ2n) is 4.65. The molecule has 0 aliphatic carbocycles. The molecule has 2 unspecified atom stereocenters. The first-order valence-corrected chi connectivity index (χ1v) is 6.49. The molecule has 0 fully saturated rings. The molecule has 0 radical (unpaired) electrons. The van der Waals surface area contributed by atoms with Crippen LogP contribution < -0.4 is 5.32 Å². The number of ether oxygens (including phenoxy) is 1. The Balaban J connectivity index is 3.97. The number of nitrogens with zero attached hydrogens (tertiary/aromatic N) is 1. The first kappa shape index (κ1) is 16.9. The van der Waals surface area contributed by atoms with Crippen LogP contribution in [0.1, 0.15) is 40.0 Å². The van der Waals surface area contributed by atoms with Gasteiger partial charge in [-0.05, 0) is 40.3 Å². The fraction of sp³-hybridized carbons (Fsp3) is 0.846. The van der Waals surface area contributed by atoms with E-state index < -0.39 is 0 Å². The van der Waals surface area contributed by atoms with Crippen molar-refractivity contribution in [3.05, 3.63) is 0 Å². The Hall–Kier alpha value is -1.10. The zero-order valence-corrected chi connectivity index (χ0v) is 12.2. The number of hydrogen-bond acceptors (Lipinski definition) is 4. The van der Waals surface area contributed by atoms with Crippen molar-refractivity contribution in [3.63, 3.8) is 0 Å². The monoisotopic (exact) mass is 258 g/mol. The van der Waals surface area contributed by atoms with Gasteiger partial charge in [0, 0.05) is 12.5 Å². The summed E-state index contributed by atoms with van der Waals surface area (Å²) in [5, 5.41) is 2.95. The van der Waals surface area contributed by atoms with Crippen LogP contribution in [-0.2, 0) is 14.3 Å². The van der Waals surface area contributed by atoms with Crippen LogP contribution in [0, 0.1) is 0 Å². The number of likely N-dealkylation sites (N-methyl/N-ethyl adjacent to an activating group) is 1. The standard InChI is InChI=1S/C13H26N2O3/c1-6-10(2)14-13(17)11(3)15(4)9-7-8-12(16)18-5/h10-11H,6-9H2,1-5H3,(H,14,17). The summed E-state index contributed by atoms with van der Waals surface area (Å²) in [7, 11) is 3.27. The van der Waals surface area contributed by atoms with E-state index in [2.05, 4.69) is 10.1 Å². The van der Waals surface area contributed by atoms with Gasteiger partial charge in [0.25, 0.3) is 0 Å². The fourth-order valence-corrected chi connectivity index (χ4v) is 1.43. The Morgan fingerprint density at radius 3 is 2.44 bits per heavy atom. The van der Waals surface area contributed by atoms with Crippen molar-refractivity contribution in [2.24, 2.45) is 0 Å². The Kier molecular flexibility index (Phi) is 8.37. The van der Waals surface area contributed by atoms with Crippen molar-refractivity contribution in [2.75, 3.05) is 20.7 Å². The van der Waals surface area contributed by atoms with E-state index in [1.807, 2.05) is 32.7 Å². The van der Waals surface area contributed by atoms with E-state index in [-0.39, 0.29) is 24.0 Å². The molecule has 0 rings (SSSR count). The fourth-order valence-electron chi connectivity index (χ4n) is 1.43. The van der Waals surface area contributed by atoms with Gasteiger partial charge in [-0.25, -0.2) is 0 Å². The molecular weight excluding hydrogens is 232 g/mol. The molecule has 18 heavy (non-hydrogen) atoms. The van der Waals surface area contributed by atoms with E-state index in [1.54, 1.807) is 0 Å². The highest BCUT2D eigenvalue weighted by molar-refractivity contribution is 5.81. The number of carbonyl (C=O) groups is 2. The van der Waals surface area contributed by atoms with Crippen LogP contribution in [0.15, 0.2) is 0 Å². The van der Waals surface area contributed by atoms with E-state index >= 15 is 0 Å². The van der Waals surface area contributed by atoms with Crippen LogP contribution in [0.5, 0.6) is 0 Å². The maximum absolute atomic E-state index is 11.9. The lowest BCUT2D eigenvalue weighted by molar-refractivity contribution is -0.140. The third-order valence-corrected chi connectivity index (χ3v) is 3.16. The maximum atomic E-state index is 11.9. The number of hydrogen-bond donors (Lipinski definition) is 1. The Morgan fingerprint density at radius 2 is 1.94 bits per heavy atom. The topological polar surface area (TPSA) is 58.6 Å². The molecule has 0 saturated heterocycles. The zero-order valence-electron chi connectivity index (χ0n) is 12.2. The predicted molar refractivity (Wildman–Crippen MR) is 71.2 cm³/mol. The lowest BCUT2D eigenvalue weighted by Gasteiger charge is -2.25. The molecule has 106 valence electrons. The minimum Gasteiger partial charge on any atom is -0.469 e. The van der Waals surface area contributed by atoms with Crippen LogP contribution in [0.3, 0.4) is 0 Å². The normalized spacial score (nSPS) is 14.1. The van der Waals surface area contributed by atoms with Gasteiger partial charge < -0.3 is 10.1 Å². The number of esters is 1. The third-order valence-electron chi connectivity index (χ3n) is 3.16. The van der Waals surface area contributed by atoms with Gasteiger partial charge in [0.1, 0.15) is 0 Å². The Bertz CT molecular complexity index is 269. The molecule has 0 aromatic carbocycles. The smallest absolute Gasteiger partial charge is 0.305 e. The number of rotatable bonds is 8. The molecule has 0 spiro atoms. The molecule has 0 saturated carbocycles. The molecular formula is C13H26N2O3. The van der Waals surface area contributed by atoms with Gasteiger partial charge in [-0.15, -0.1) is 0 Å². The van der Waals surface area contributed by atoms with Gasteiger partial charge in [-0.2, -0.15) is 0 Å². The van der Waals surface area contributed by atoms with E-state index in [0.717, 1.165) is 6.42 Å². The Labute approximate surface area is 110 Å². The maximum Gasteiger partial charge on any atom is 0.305 e. The van der Waals surface area contributed by atoms with E-state index in [9.17, 15) is 9.59 Å². The van der Waals surface area contributed by atoms with Gasteiger partial charge in [-0.3, -0.25) is 14.5 Å². The van der Waals surface area contributed by atoms with Gasteiger partial charge in [0.05, 0.1) is 13.2 Å². The van der Waals surface area contributed by atoms with Crippen LogP contribution in [-0.4, -0.2) is 49.6 Å². The van der Waals surface area contributed by atoms with Crippen molar-refractivity contribution in [1.29, 1.82) is 0 Å². The van der Waals surface area contributed by atoms with Gasteiger partial charge in [0.2, 0.25) is 5.91 Å².